The molecule has 0 bridgehead atoms. The van der Waals surface area contributed by atoms with E-state index in [1.807, 2.05) is 6.07 Å². The quantitative estimate of drug-likeness (QED) is 0.855. The Balaban J connectivity index is 2.09. The van der Waals surface area contributed by atoms with E-state index >= 15 is 0 Å². The normalized spacial score (nSPS) is 19.4. The fourth-order valence-electron chi connectivity index (χ4n) is 2.27. The number of aliphatic hydroxyl groups excluding tert-OH is 1. The number of hydrogen-bond acceptors (Lipinski definition) is 3. The third-order valence-electron chi connectivity index (χ3n) is 3.32. The molecule has 1 atom stereocenters. The average molecular weight is 277 g/mol. The van der Waals surface area contributed by atoms with Crippen molar-refractivity contribution in [1.82, 2.24) is 4.90 Å². The van der Waals surface area contributed by atoms with Gasteiger partial charge in [0.25, 0.3) is 0 Å². The molecule has 0 radical (unpaired) electrons. The van der Waals surface area contributed by atoms with Crippen molar-refractivity contribution in [3.05, 3.63) is 35.1 Å². The van der Waals surface area contributed by atoms with E-state index in [9.17, 15) is 4.39 Å². The lowest BCUT2D eigenvalue weighted by Gasteiger charge is -2.33. The van der Waals surface area contributed by atoms with Gasteiger partial charge in [-0.2, -0.15) is 0 Å². The number of ether oxygens (including phenoxy) is 1. The number of benzene rings is 1. The zero-order valence-electron chi connectivity index (χ0n) is 11.7. The minimum atomic E-state index is -0.267. The first-order valence-corrected chi connectivity index (χ1v) is 6.90. The maximum atomic E-state index is 13.6. The summed E-state index contributed by atoms with van der Waals surface area (Å²) in [6, 6.07) is 5.24. The maximum absolute atomic E-state index is 13.6. The highest BCUT2D eigenvalue weighted by molar-refractivity contribution is 5.37. The summed E-state index contributed by atoms with van der Waals surface area (Å²) in [5.74, 6) is 5.43. The van der Waals surface area contributed by atoms with Crippen molar-refractivity contribution in [3.63, 3.8) is 0 Å². The summed E-state index contributed by atoms with van der Waals surface area (Å²) in [7, 11) is 0. The molecule has 20 heavy (non-hydrogen) atoms. The third kappa shape index (κ3) is 4.31. The van der Waals surface area contributed by atoms with Crippen molar-refractivity contribution in [3.8, 4) is 11.8 Å². The molecule has 1 heterocycles. The van der Waals surface area contributed by atoms with Crippen LogP contribution < -0.4 is 0 Å². The van der Waals surface area contributed by atoms with Crippen LogP contribution >= 0.6 is 0 Å². The van der Waals surface area contributed by atoms with Gasteiger partial charge in [-0.3, -0.25) is 4.90 Å². The third-order valence-corrected chi connectivity index (χ3v) is 3.32. The number of rotatable bonds is 3. The van der Waals surface area contributed by atoms with Crippen LogP contribution in [0, 0.1) is 17.7 Å². The van der Waals surface area contributed by atoms with Crippen LogP contribution in [-0.2, 0) is 11.3 Å². The summed E-state index contributed by atoms with van der Waals surface area (Å²) in [5, 5.41) is 8.70. The summed E-state index contributed by atoms with van der Waals surface area (Å²) >= 11 is 0. The first-order valence-electron chi connectivity index (χ1n) is 6.90. The largest absolute Gasteiger partial charge is 0.395 e. The first-order chi connectivity index (χ1) is 9.69. The zero-order chi connectivity index (χ0) is 14.4. The monoisotopic (exact) mass is 277 g/mol. The molecule has 1 aromatic carbocycles. The van der Waals surface area contributed by atoms with Gasteiger partial charge in [0, 0.05) is 31.1 Å². The van der Waals surface area contributed by atoms with Gasteiger partial charge in [-0.15, -0.1) is 0 Å². The van der Waals surface area contributed by atoms with Crippen molar-refractivity contribution >= 4 is 0 Å². The molecule has 0 saturated carbocycles. The second-order valence-corrected chi connectivity index (χ2v) is 5.02. The SMILES string of the molecule is CC1COCCN1Cc1cc(F)cc(C#CCCO)c1. The van der Waals surface area contributed by atoms with Crippen LogP contribution in [0.1, 0.15) is 24.5 Å². The molecule has 0 aromatic heterocycles. The van der Waals surface area contributed by atoms with E-state index in [4.69, 9.17) is 9.84 Å². The Morgan fingerprint density at radius 3 is 3.05 bits per heavy atom. The predicted molar refractivity (Wildman–Crippen MR) is 75.7 cm³/mol. The number of morpholine rings is 1. The van der Waals surface area contributed by atoms with Crippen LogP contribution in [-0.4, -0.2) is 42.4 Å². The van der Waals surface area contributed by atoms with E-state index in [-0.39, 0.29) is 12.4 Å². The number of hydrogen-bond donors (Lipinski definition) is 1. The van der Waals surface area contributed by atoms with E-state index in [0.717, 1.165) is 25.3 Å². The lowest BCUT2D eigenvalue weighted by molar-refractivity contribution is -0.00440. The van der Waals surface area contributed by atoms with Gasteiger partial charge in [-0.1, -0.05) is 11.8 Å². The minimum Gasteiger partial charge on any atom is -0.395 e. The Labute approximate surface area is 119 Å². The van der Waals surface area contributed by atoms with E-state index < -0.39 is 0 Å². The van der Waals surface area contributed by atoms with Crippen LogP contribution in [0.4, 0.5) is 4.39 Å². The molecular formula is C16H20FNO2. The van der Waals surface area contributed by atoms with Crippen molar-refractivity contribution in [1.29, 1.82) is 0 Å². The van der Waals surface area contributed by atoms with Gasteiger partial charge in [0.1, 0.15) is 5.82 Å². The summed E-state index contributed by atoms with van der Waals surface area (Å²) in [5.41, 5.74) is 1.58. The second-order valence-electron chi connectivity index (χ2n) is 5.02. The number of nitrogens with zero attached hydrogens (tertiary/aromatic N) is 1. The number of halogens is 1. The molecule has 1 aliphatic rings. The highest BCUT2D eigenvalue weighted by atomic mass is 19.1. The molecule has 1 saturated heterocycles. The molecule has 1 aliphatic heterocycles. The van der Waals surface area contributed by atoms with Crippen LogP contribution in [0.5, 0.6) is 0 Å². The van der Waals surface area contributed by atoms with E-state index in [1.165, 1.54) is 6.07 Å². The summed E-state index contributed by atoms with van der Waals surface area (Å²) in [4.78, 5) is 2.28. The molecule has 0 aliphatic carbocycles. The molecule has 0 amide bonds. The molecule has 1 unspecified atom stereocenters. The molecule has 1 aromatic rings. The van der Waals surface area contributed by atoms with Crippen LogP contribution in [0.2, 0.25) is 0 Å². The Hall–Kier alpha value is -1.41. The van der Waals surface area contributed by atoms with Crippen LogP contribution in [0.15, 0.2) is 18.2 Å². The van der Waals surface area contributed by atoms with Crippen molar-refractivity contribution in [2.45, 2.75) is 25.9 Å². The lowest BCUT2D eigenvalue weighted by atomic mass is 10.1. The van der Waals surface area contributed by atoms with Gasteiger partial charge in [0.05, 0.1) is 19.8 Å². The van der Waals surface area contributed by atoms with E-state index in [1.54, 1.807) is 6.07 Å². The summed E-state index contributed by atoms with van der Waals surface area (Å²) in [6.07, 6.45) is 0.409. The number of aliphatic hydroxyl groups is 1. The van der Waals surface area contributed by atoms with Crippen molar-refractivity contribution in [2.24, 2.45) is 0 Å². The molecule has 3 nitrogen and oxygen atoms in total. The summed E-state index contributed by atoms with van der Waals surface area (Å²) in [6.45, 7) is 5.16. The smallest absolute Gasteiger partial charge is 0.124 e. The Bertz CT molecular complexity index is 507. The Morgan fingerprint density at radius 2 is 2.30 bits per heavy atom. The van der Waals surface area contributed by atoms with Crippen LogP contribution in [0.25, 0.3) is 0 Å². The van der Waals surface area contributed by atoms with Gasteiger partial charge in [-0.25, -0.2) is 4.39 Å². The zero-order valence-corrected chi connectivity index (χ0v) is 11.7. The van der Waals surface area contributed by atoms with Gasteiger partial charge >= 0.3 is 0 Å². The fourth-order valence-corrected chi connectivity index (χ4v) is 2.27. The van der Waals surface area contributed by atoms with E-state index in [2.05, 4.69) is 23.7 Å². The maximum Gasteiger partial charge on any atom is 0.124 e. The highest BCUT2D eigenvalue weighted by Crippen LogP contribution is 2.15. The van der Waals surface area contributed by atoms with Gasteiger partial charge in [0.2, 0.25) is 0 Å². The van der Waals surface area contributed by atoms with E-state index in [0.29, 0.717) is 24.6 Å². The standard InChI is InChI=1S/C16H20FNO2/c1-13-12-20-7-5-18(13)11-15-8-14(4-2-3-6-19)9-16(17)10-15/h8-10,13,19H,3,5-7,11-12H2,1H3. The van der Waals surface area contributed by atoms with Crippen LogP contribution in [0.3, 0.4) is 0 Å². The molecule has 108 valence electrons. The van der Waals surface area contributed by atoms with Gasteiger partial charge < -0.3 is 9.84 Å². The second kappa shape index (κ2) is 7.39. The molecule has 1 fully saturated rings. The van der Waals surface area contributed by atoms with Crippen molar-refractivity contribution in [2.75, 3.05) is 26.4 Å². The molecule has 1 N–H and O–H groups in total. The minimum absolute atomic E-state index is 0.0282. The van der Waals surface area contributed by atoms with Crippen molar-refractivity contribution < 1.29 is 14.2 Å². The highest BCUT2D eigenvalue weighted by Gasteiger charge is 2.18. The fraction of sp³-hybridized carbons (Fsp3) is 0.500. The predicted octanol–water partition coefficient (Wildman–Crippen LogP) is 1.78. The van der Waals surface area contributed by atoms with Gasteiger partial charge in [0.15, 0.2) is 0 Å². The molecule has 0 spiro atoms. The van der Waals surface area contributed by atoms with Gasteiger partial charge in [-0.05, 0) is 30.7 Å². The molecule has 2 rings (SSSR count). The first kappa shape index (κ1) is 15.0. The topological polar surface area (TPSA) is 32.7 Å². The Kier molecular flexibility index (Phi) is 5.54. The summed E-state index contributed by atoms with van der Waals surface area (Å²) < 4.78 is 19.0. The molecular weight excluding hydrogens is 257 g/mol. The lowest BCUT2D eigenvalue weighted by Crippen LogP contribution is -2.42. The molecule has 4 heteroatoms. The average Bonchev–Trinajstić information content (AvgIpc) is 2.41. The Morgan fingerprint density at radius 1 is 1.45 bits per heavy atom.